The summed E-state index contributed by atoms with van der Waals surface area (Å²) in [6.45, 7) is 1.79. The number of aromatic carboxylic acids is 1. The number of nitrogens with one attached hydrogen (secondary N) is 2. The third-order valence-corrected chi connectivity index (χ3v) is 5.86. The van der Waals surface area contributed by atoms with E-state index in [4.69, 9.17) is 5.11 Å². The van der Waals surface area contributed by atoms with E-state index in [1.165, 1.54) is 24.3 Å². The number of carboxylic acid groups (broad SMARTS) is 1. The molecule has 176 valence electrons. The zero-order chi connectivity index (χ0) is 24.7. The molecule has 1 fully saturated rings. The predicted octanol–water partition coefficient (Wildman–Crippen LogP) is 3.46. The van der Waals surface area contributed by atoms with Crippen molar-refractivity contribution in [2.75, 3.05) is 24.3 Å². The van der Waals surface area contributed by atoms with Crippen LogP contribution in [0, 0.1) is 0 Å². The average Bonchev–Trinajstić information content (AvgIpc) is 2.81. The fourth-order valence-electron chi connectivity index (χ4n) is 2.92. The van der Waals surface area contributed by atoms with Crippen LogP contribution in [0.4, 0.5) is 11.4 Å². The number of allylic oxidation sites excluding steroid dienone is 1. The third kappa shape index (κ3) is 7.04. The number of carbonyl (C=O) groups excluding carboxylic acids is 2. The number of thioether (sulfide) groups is 1. The lowest BCUT2D eigenvalue weighted by Crippen LogP contribution is -2.41. The maximum Gasteiger partial charge on any atom is 0.335 e. The van der Waals surface area contributed by atoms with Crippen LogP contribution in [0.2, 0.25) is 0 Å². The normalized spacial score (nSPS) is 17.5. The summed E-state index contributed by atoms with van der Waals surface area (Å²) >= 11 is 1.11. The van der Waals surface area contributed by atoms with Gasteiger partial charge in [-0.15, -0.1) is 5.10 Å². The lowest BCUT2D eigenvalue weighted by molar-refractivity contribution is -0.123. The Morgan fingerprint density at radius 3 is 2.44 bits per heavy atom. The summed E-state index contributed by atoms with van der Waals surface area (Å²) in [6.07, 6.45) is 3.72. The van der Waals surface area contributed by atoms with Crippen LogP contribution in [0.5, 0.6) is 0 Å². The van der Waals surface area contributed by atoms with E-state index in [9.17, 15) is 14.4 Å². The predicted molar refractivity (Wildman–Crippen MR) is 137 cm³/mol. The quantitative estimate of drug-likeness (QED) is 0.413. The van der Waals surface area contributed by atoms with Gasteiger partial charge in [0, 0.05) is 31.9 Å². The van der Waals surface area contributed by atoms with Gasteiger partial charge in [-0.25, -0.2) is 4.79 Å². The van der Waals surface area contributed by atoms with Gasteiger partial charge in [-0.1, -0.05) is 30.0 Å². The fourth-order valence-corrected chi connectivity index (χ4v) is 3.85. The van der Waals surface area contributed by atoms with Gasteiger partial charge < -0.3 is 20.6 Å². The van der Waals surface area contributed by atoms with Gasteiger partial charge in [0.05, 0.1) is 11.3 Å². The van der Waals surface area contributed by atoms with E-state index in [1.807, 2.05) is 55.4 Å². The molecule has 1 heterocycles. The molecule has 0 spiro atoms. The van der Waals surface area contributed by atoms with Crippen LogP contribution in [0.25, 0.3) is 6.08 Å². The van der Waals surface area contributed by atoms with Crippen LogP contribution in [0.15, 0.2) is 64.8 Å². The minimum atomic E-state index is -1.05. The molecular weight excluding hydrogens is 454 g/mol. The zero-order valence-corrected chi connectivity index (χ0v) is 19.8. The van der Waals surface area contributed by atoms with Gasteiger partial charge in [0.25, 0.3) is 0 Å². The Bertz CT molecular complexity index is 1150. The van der Waals surface area contributed by atoms with Crippen molar-refractivity contribution in [2.24, 2.45) is 10.2 Å². The van der Waals surface area contributed by atoms with E-state index >= 15 is 0 Å². The molecule has 34 heavy (non-hydrogen) atoms. The van der Waals surface area contributed by atoms with Crippen LogP contribution in [-0.4, -0.2) is 53.1 Å². The first-order valence-electron chi connectivity index (χ1n) is 10.4. The van der Waals surface area contributed by atoms with Gasteiger partial charge in [-0.05, 0) is 55.0 Å². The van der Waals surface area contributed by atoms with Crippen LogP contribution < -0.4 is 15.5 Å². The van der Waals surface area contributed by atoms with E-state index in [2.05, 4.69) is 20.8 Å². The molecule has 3 rings (SSSR count). The van der Waals surface area contributed by atoms with Crippen molar-refractivity contribution in [3.8, 4) is 0 Å². The summed E-state index contributed by atoms with van der Waals surface area (Å²) in [5.41, 5.74) is 3.31. The van der Waals surface area contributed by atoms with Crippen molar-refractivity contribution in [2.45, 2.75) is 18.6 Å². The van der Waals surface area contributed by atoms with Gasteiger partial charge >= 0.3 is 5.97 Å². The largest absolute Gasteiger partial charge is 0.478 e. The molecule has 2 amide bonds. The molecule has 0 aromatic heterocycles. The fraction of sp³-hybridized carbons (Fsp3) is 0.208. The number of hydrogen-bond donors (Lipinski definition) is 3. The number of carboxylic acids is 1. The first-order chi connectivity index (χ1) is 16.2. The summed E-state index contributed by atoms with van der Waals surface area (Å²) in [7, 11) is 3.96. The molecule has 1 aliphatic rings. The molecule has 1 saturated heterocycles. The second-order valence-electron chi connectivity index (χ2n) is 7.70. The summed E-state index contributed by atoms with van der Waals surface area (Å²) in [5, 5.41) is 22.1. The van der Waals surface area contributed by atoms with Crippen LogP contribution in [0.1, 0.15) is 29.3 Å². The Balaban J connectivity index is 1.62. The molecule has 0 saturated carbocycles. The molecule has 9 nitrogen and oxygen atoms in total. The lowest BCUT2D eigenvalue weighted by atomic mass is 10.2. The molecule has 3 N–H and O–H groups in total. The Kier molecular flexibility index (Phi) is 8.20. The summed E-state index contributed by atoms with van der Waals surface area (Å²) in [4.78, 5) is 37.7. The van der Waals surface area contributed by atoms with Crippen LogP contribution in [0.3, 0.4) is 0 Å². The van der Waals surface area contributed by atoms with Crippen molar-refractivity contribution in [3.05, 3.63) is 65.7 Å². The van der Waals surface area contributed by atoms with Gasteiger partial charge in [-0.3, -0.25) is 9.59 Å². The van der Waals surface area contributed by atoms with Gasteiger partial charge in [0.15, 0.2) is 5.17 Å². The molecule has 10 heteroatoms. The average molecular weight is 480 g/mol. The molecule has 1 atom stereocenters. The summed E-state index contributed by atoms with van der Waals surface area (Å²) < 4.78 is 0. The topological polar surface area (TPSA) is 123 Å². The highest BCUT2D eigenvalue weighted by Crippen LogP contribution is 2.23. The molecule has 0 radical (unpaired) electrons. The standard InChI is InChI=1S/C24H25N5O4S/c1-15(4-5-16-6-12-19(13-7-16)29(2)3)27-28-24-26-21(30)14-20(34-24)22(31)25-18-10-8-17(9-11-18)23(32)33/h4-13,20H,14H2,1-3H3,(H,25,31)(H,32,33)(H,26,28,30)/b5-4+,27-15-/t20-/m0/s1. The van der Waals surface area contributed by atoms with Crippen LogP contribution >= 0.6 is 11.8 Å². The zero-order valence-electron chi connectivity index (χ0n) is 19.0. The number of benzene rings is 2. The second kappa shape index (κ2) is 11.3. The third-order valence-electron chi connectivity index (χ3n) is 4.79. The van der Waals surface area contributed by atoms with E-state index in [-0.39, 0.29) is 29.0 Å². The van der Waals surface area contributed by atoms with Crippen molar-refractivity contribution in [1.29, 1.82) is 0 Å². The second-order valence-corrected chi connectivity index (χ2v) is 8.89. The number of nitrogens with zero attached hydrogens (tertiary/aromatic N) is 3. The van der Waals surface area contributed by atoms with E-state index in [1.54, 1.807) is 6.92 Å². The smallest absolute Gasteiger partial charge is 0.335 e. The molecule has 0 bridgehead atoms. The minimum absolute atomic E-state index is 0.00568. The molecule has 2 aromatic rings. The number of carbonyl (C=O) groups is 3. The Morgan fingerprint density at radius 1 is 1.15 bits per heavy atom. The Labute approximate surface area is 201 Å². The number of hydrogen-bond acceptors (Lipinski definition) is 7. The van der Waals surface area contributed by atoms with Crippen molar-refractivity contribution in [3.63, 3.8) is 0 Å². The van der Waals surface area contributed by atoms with E-state index in [0.717, 1.165) is 23.0 Å². The maximum atomic E-state index is 12.6. The number of amidine groups is 1. The monoisotopic (exact) mass is 479 g/mol. The van der Waals surface area contributed by atoms with Crippen molar-refractivity contribution in [1.82, 2.24) is 5.32 Å². The number of anilines is 2. The molecule has 0 aliphatic carbocycles. The summed E-state index contributed by atoms with van der Waals surface area (Å²) in [5.74, 6) is -1.76. The number of amides is 2. The van der Waals surface area contributed by atoms with Gasteiger partial charge in [0.2, 0.25) is 11.8 Å². The van der Waals surface area contributed by atoms with Crippen LogP contribution in [-0.2, 0) is 9.59 Å². The maximum absolute atomic E-state index is 12.6. The van der Waals surface area contributed by atoms with Gasteiger partial charge in [-0.2, -0.15) is 5.10 Å². The molecular formula is C24H25N5O4S. The van der Waals surface area contributed by atoms with E-state index in [0.29, 0.717) is 11.4 Å². The Morgan fingerprint density at radius 2 is 1.82 bits per heavy atom. The molecule has 0 unspecified atom stereocenters. The SMILES string of the molecule is CC(/C=C/c1ccc(N(C)C)cc1)=N/N=C1/NC(=O)C[C@@H](C(=O)Nc2ccc(C(=O)O)cc2)S1. The summed E-state index contributed by atoms with van der Waals surface area (Å²) in [6, 6.07) is 13.8. The number of rotatable bonds is 7. The van der Waals surface area contributed by atoms with Gasteiger partial charge in [0.1, 0.15) is 5.25 Å². The highest BCUT2D eigenvalue weighted by atomic mass is 32.2. The highest BCUT2D eigenvalue weighted by Gasteiger charge is 2.30. The molecule has 1 aliphatic heterocycles. The van der Waals surface area contributed by atoms with E-state index < -0.39 is 11.2 Å². The molecule has 2 aromatic carbocycles. The first-order valence-corrected chi connectivity index (χ1v) is 11.3. The Hall–Kier alpha value is -3.92. The first kappa shape index (κ1) is 24.7. The lowest BCUT2D eigenvalue weighted by Gasteiger charge is -2.21. The van der Waals surface area contributed by atoms with Crippen molar-refractivity contribution >= 4 is 57.9 Å². The highest BCUT2D eigenvalue weighted by molar-refractivity contribution is 8.15. The van der Waals surface area contributed by atoms with Crippen molar-refractivity contribution < 1.29 is 19.5 Å². The minimum Gasteiger partial charge on any atom is -0.478 e.